The molecule has 3 rings (SSSR count). The Kier molecular flexibility index (Phi) is 7.44. The van der Waals surface area contributed by atoms with Gasteiger partial charge >= 0.3 is 0 Å². The minimum absolute atomic E-state index is 0.177. The third kappa shape index (κ3) is 5.05. The van der Waals surface area contributed by atoms with Gasteiger partial charge in [-0.25, -0.2) is 0 Å². The molecule has 1 saturated heterocycles. The predicted octanol–water partition coefficient (Wildman–Crippen LogP) is 4.02. The Labute approximate surface area is 173 Å². The highest BCUT2D eigenvalue weighted by atomic mass is 16.5. The summed E-state index contributed by atoms with van der Waals surface area (Å²) in [6.07, 6.45) is 4.10. The summed E-state index contributed by atoms with van der Waals surface area (Å²) in [6.45, 7) is 7.39. The average molecular weight is 397 g/mol. The van der Waals surface area contributed by atoms with Crippen molar-refractivity contribution in [1.29, 1.82) is 0 Å². The molecule has 0 spiro atoms. The smallest absolute Gasteiger partial charge is 0.225 e. The molecule has 29 heavy (non-hydrogen) atoms. The van der Waals surface area contributed by atoms with Crippen LogP contribution in [0.3, 0.4) is 0 Å². The standard InChI is InChI=1S/C23H32N4O2/c1-4-8-18(9-5-2)23(28)27-16-14-26(15-17-27)22-13-12-20(24-25-22)19-10-6-7-11-21(19)29-3/h6-7,10-13,18H,4-5,8-9,14-17H2,1-3H3. The molecule has 1 aromatic carbocycles. The van der Waals surface area contributed by atoms with Crippen LogP contribution in [0.25, 0.3) is 11.3 Å². The van der Waals surface area contributed by atoms with Crippen LogP contribution in [0.5, 0.6) is 5.75 Å². The third-order valence-electron chi connectivity index (χ3n) is 5.57. The Morgan fingerprint density at radius 2 is 1.69 bits per heavy atom. The van der Waals surface area contributed by atoms with Crippen molar-refractivity contribution >= 4 is 11.7 Å². The van der Waals surface area contributed by atoms with Gasteiger partial charge in [0.1, 0.15) is 5.75 Å². The molecule has 2 heterocycles. The van der Waals surface area contributed by atoms with E-state index in [0.29, 0.717) is 5.91 Å². The average Bonchev–Trinajstić information content (AvgIpc) is 2.78. The van der Waals surface area contributed by atoms with Crippen LogP contribution in [0, 0.1) is 5.92 Å². The number of benzene rings is 1. The van der Waals surface area contributed by atoms with E-state index < -0.39 is 0 Å². The Morgan fingerprint density at radius 3 is 2.28 bits per heavy atom. The molecule has 1 amide bonds. The zero-order valence-electron chi connectivity index (χ0n) is 17.8. The molecule has 0 unspecified atom stereocenters. The summed E-state index contributed by atoms with van der Waals surface area (Å²) >= 11 is 0. The van der Waals surface area contributed by atoms with Gasteiger partial charge in [0.2, 0.25) is 5.91 Å². The zero-order valence-corrected chi connectivity index (χ0v) is 17.8. The van der Waals surface area contributed by atoms with Crippen molar-refractivity contribution < 1.29 is 9.53 Å². The maximum Gasteiger partial charge on any atom is 0.225 e. The number of aromatic nitrogens is 2. The molecule has 156 valence electrons. The normalized spacial score (nSPS) is 14.3. The summed E-state index contributed by atoms with van der Waals surface area (Å²) in [6, 6.07) is 11.8. The van der Waals surface area contributed by atoms with Gasteiger partial charge in [-0.15, -0.1) is 10.2 Å². The number of anilines is 1. The molecule has 0 atom stereocenters. The first-order chi connectivity index (χ1) is 14.2. The zero-order chi connectivity index (χ0) is 20.6. The van der Waals surface area contributed by atoms with E-state index in [2.05, 4.69) is 28.9 Å². The van der Waals surface area contributed by atoms with Crippen molar-refractivity contribution in [2.75, 3.05) is 38.2 Å². The fourth-order valence-electron chi connectivity index (χ4n) is 4.00. The van der Waals surface area contributed by atoms with E-state index >= 15 is 0 Å². The van der Waals surface area contributed by atoms with Gasteiger partial charge < -0.3 is 14.5 Å². The monoisotopic (exact) mass is 396 g/mol. The van der Waals surface area contributed by atoms with Crippen molar-refractivity contribution in [1.82, 2.24) is 15.1 Å². The quantitative estimate of drug-likeness (QED) is 0.675. The van der Waals surface area contributed by atoms with Crippen molar-refractivity contribution in [2.45, 2.75) is 39.5 Å². The fourth-order valence-corrected chi connectivity index (χ4v) is 4.00. The Balaban J connectivity index is 1.62. The van der Waals surface area contributed by atoms with Gasteiger partial charge in [0, 0.05) is 37.7 Å². The van der Waals surface area contributed by atoms with Gasteiger partial charge in [-0.1, -0.05) is 38.8 Å². The van der Waals surface area contributed by atoms with E-state index in [-0.39, 0.29) is 5.92 Å². The minimum Gasteiger partial charge on any atom is -0.496 e. The van der Waals surface area contributed by atoms with Gasteiger partial charge in [-0.3, -0.25) is 4.79 Å². The van der Waals surface area contributed by atoms with Crippen LogP contribution in [0.15, 0.2) is 36.4 Å². The summed E-state index contributed by atoms with van der Waals surface area (Å²) in [4.78, 5) is 17.1. The van der Waals surface area contributed by atoms with Crippen molar-refractivity contribution in [3.05, 3.63) is 36.4 Å². The lowest BCUT2D eigenvalue weighted by molar-refractivity contribution is -0.136. The minimum atomic E-state index is 0.177. The van der Waals surface area contributed by atoms with Crippen molar-refractivity contribution in [3.8, 4) is 17.0 Å². The molecule has 0 aliphatic carbocycles. The topological polar surface area (TPSA) is 58.6 Å². The van der Waals surface area contributed by atoms with E-state index in [9.17, 15) is 4.79 Å². The number of amides is 1. The lowest BCUT2D eigenvalue weighted by atomic mass is 9.96. The Hall–Kier alpha value is -2.63. The van der Waals surface area contributed by atoms with Crippen LogP contribution in [-0.2, 0) is 4.79 Å². The van der Waals surface area contributed by atoms with Gasteiger partial charge in [0.25, 0.3) is 0 Å². The second-order valence-electron chi connectivity index (χ2n) is 7.56. The molecule has 6 nitrogen and oxygen atoms in total. The molecule has 1 aliphatic heterocycles. The first-order valence-corrected chi connectivity index (χ1v) is 10.7. The number of methoxy groups -OCH3 is 1. The first-order valence-electron chi connectivity index (χ1n) is 10.7. The van der Waals surface area contributed by atoms with E-state index in [1.54, 1.807) is 7.11 Å². The number of hydrogen-bond acceptors (Lipinski definition) is 5. The molecule has 1 fully saturated rings. The Morgan fingerprint density at radius 1 is 1.00 bits per heavy atom. The van der Waals surface area contributed by atoms with Crippen molar-refractivity contribution in [2.24, 2.45) is 5.92 Å². The highest BCUT2D eigenvalue weighted by Crippen LogP contribution is 2.28. The van der Waals surface area contributed by atoms with Crippen LogP contribution in [0.1, 0.15) is 39.5 Å². The number of carbonyl (C=O) groups is 1. The number of ether oxygens (including phenoxy) is 1. The maximum absolute atomic E-state index is 12.9. The van der Waals surface area contributed by atoms with Crippen LogP contribution < -0.4 is 9.64 Å². The summed E-state index contributed by atoms with van der Waals surface area (Å²) in [5.41, 5.74) is 1.73. The van der Waals surface area contributed by atoms with E-state index in [1.807, 2.05) is 41.3 Å². The molecule has 0 N–H and O–H groups in total. The van der Waals surface area contributed by atoms with Crippen molar-refractivity contribution in [3.63, 3.8) is 0 Å². The van der Waals surface area contributed by atoms with Gasteiger partial charge in [-0.2, -0.15) is 0 Å². The van der Waals surface area contributed by atoms with Crippen LogP contribution in [0.2, 0.25) is 0 Å². The lowest BCUT2D eigenvalue weighted by Gasteiger charge is -2.36. The van der Waals surface area contributed by atoms with Gasteiger partial charge in [0.05, 0.1) is 12.8 Å². The molecule has 2 aromatic rings. The molecule has 0 radical (unpaired) electrons. The number of rotatable bonds is 8. The highest BCUT2D eigenvalue weighted by Gasteiger charge is 2.27. The number of para-hydroxylation sites is 1. The second kappa shape index (κ2) is 10.2. The van der Waals surface area contributed by atoms with Crippen LogP contribution in [-0.4, -0.2) is 54.3 Å². The number of carbonyl (C=O) groups excluding carboxylic acids is 1. The molecule has 6 heteroatoms. The van der Waals surface area contributed by atoms with Gasteiger partial charge in [0.15, 0.2) is 5.82 Å². The SMILES string of the molecule is CCCC(CCC)C(=O)N1CCN(c2ccc(-c3ccccc3OC)nn2)CC1. The summed E-state index contributed by atoms with van der Waals surface area (Å²) < 4.78 is 5.42. The summed E-state index contributed by atoms with van der Waals surface area (Å²) in [5, 5.41) is 8.85. The molecular formula is C23H32N4O2. The summed E-state index contributed by atoms with van der Waals surface area (Å²) in [5.74, 6) is 2.15. The molecule has 0 bridgehead atoms. The lowest BCUT2D eigenvalue weighted by Crippen LogP contribution is -2.50. The van der Waals surface area contributed by atoms with E-state index in [1.165, 1.54) is 0 Å². The summed E-state index contributed by atoms with van der Waals surface area (Å²) in [7, 11) is 1.66. The molecule has 0 saturated carbocycles. The molecule has 1 aromatic heterocycles. The third-order valence-corrected chi connectivity index (χ3v) is 5.57. The number of piperazine rings is 1. The largest absolute Gasteiger partial charge is 0.496 e. The number of nitrogens with zero attached hydrogens (tertiary/aromatic N) is 4. The first kappa shape index (κ1) is 21.1. The second-order valence-corrected chi connectivity index (χ2v) is 7.56. The molecular weight excluding hydrogens is 364 g/mol. The fraction of sp³-hybridized carbons (Fsp3) is 0.522. The maximum atomic E-state index is 12.9. The van der Waals surface area contributed by atoms with Gasteiger partial charge in [-0.05, 0) is 37.1 Å². The van der Waals surface area contributed by atoms with Crippen LogP contribution >= 0.6 is 0 Å². The molecule has 1 aliphatic rings. The predicted molar refractivity (Wildman–Crippen MR) is 116 cm³/mol. The highest BCUT2D eigenvalue weighted by molar-refractivity contribution is 5.79. The Bertz CT molecular complexity index is 780. The number of hydrogen-bond donors (Lipinski definition) is 0. The van der Waals surface area contributed by atoms with Crippen LogP contribution in [0.4, 0.5) is 5.82 Å². The van der Waals surface area contributed by atoms with E-state index in [4.69, 9.17) is 4.74 Å². The van der Waals surface area contributed by atoms with E-state index in [0.717, 1.165) is 74.7 Å².